The number of alkyl halides is 3. The maximum Gasteiger partial charge on any atom is 0.415 e. The maximum absolute atomic E-state index is 14.2. The van der Waals surface area contributed by atoms with Gasteiger partial charge in [-0.1, -0.05) is 0 Å². The Bertz CT molecular complexity index is 933. The molecule has 1 aliphatic heterocycles. The summed E-state index contributed by atoms with van der Waals surface area (Å²) in [4.78, 5) is 10.5. The van der Waals surface area contributed by atoms with Gasteiger partial charge in [-0.2, -0.15) is 13.2 Å². The van der Waals surface area contributed by atoms with Gasteiger partial charge in [0, 0.05) is 54.7 Å². The molecule has 4 rings (SSSR count). The summed E-state index contributed by atoms with van der Waals surface area (Å²) in [5.41, 5.74) is 0.530. The van der Waals surface area contributed by atoms with Gasteiger partial charge >= 0.3 is 6.18 Å². The second-order valence-electron chi connectivity index (χ2n) is 7.88. The standard InChI is InChI=1S/C18H21F4N5O2S/c1-29-14-3-13-11(2-12(14)19)16(25-9-24-13)26-7-17(8-26)4-10(5-17)27(30-23)6-15(28)18(20,21)22/h2-3,9-10,15,28H,4-8,23H2,1H3. The highest BCUT2D eigenvalue weighted by Gasteiger charge is 2.55. The number of nitrogens with zero attached hydrogens (tertiary/aromatic N) is 4. The first kappa shape index (κ1) is 21.3. The molecular weight excluding hydrogens is 426 g/mol. The van der Waals surface area contributed by atoms with Crippen molar-refractivity contribution < 1.29 is 27.4 Å². The predicted molar refractivity (Wildman–Crippen MR) is 104 cm³/mol. The zero-order chi connectivity index (χ0) is 21.7. The van der Waals surface area contributed by atoms with Gasteiger partial charge in [0.1, 0.15) is 12.1 Å². The molecule has 2 heterocycles. The highest BCUT2D eigenvalue weighted by molar-refractivity contribution is 7.94. The number of halogens is 4. The molecule has 0 amide bonds. The topological polar surface area (TPSA) is 87.7 Å². The Morgan fingerprint density at radius 2 is 2.07 bits per heavy atom. The van der Waals surface area contributed by atoms with Crippen LogP contribution in [0, 0.1) is 11.2 Å². The van der Waals surface area contributed by atoms with Crippen LogP contribution in [-0.4, -0.2) is 64.4 Å². The predicted octanol–water partition coefficient (Wildman–Crippen LogP) is 2.49. The van der Waals surface area contributed by atoms with Crippen LogP contribution in [0.5, 0.6) is 5.75 Å². The Hall–Kier alpha value is -1.89. The Kier molecular flexibility index (Phi) is 5.45. The fourth-order valence-electron chi connectivity index (χ4n) is 4.32. The first-order valence-corrected chi connectivity index (χ1v) is 10.1. The molecule has 1 aromatic carbocycles. The molecule has 1 atom stereocenters. The summed E-state index contributed by atoms with van der Waals surface area (Å²) in [6.07, 6.45) is -4.35. The van der Waals surface area contributed by atoms with E-state index >= 15 is 0 Å². The number of methoxy groups -OCH3 is 1. The normalized spacial score (nSPS) is 19.8. The van der Waals surface area contributed by atoms with Crippen molar-refractivity contribution in [3.63, 3.8) is 0 Å². The fraction of sp³-hybridized carbons (Fsp3) is 0.556. The van der Waals surface area contributed by atoms with Crippen LogP contribution in [0.1, 0.15) is 12.8 Å². The highest BCUT2D eigenvalue weighted by Crippen LogP contribution is 2.52. The summed E-state index contributed by atoms with van der Waals surface area (Å²) in [5.74, 6) is 0.224. The molecule has 1 spiro atoms. The van der Waals surface area contributed by atoms with Crippen LogP contribution in [0.25, 0.3) is 10.9 Å². The number of benzene rings is 1. The average molecular weight is 447 g/mol. The lowest BCUT2D eigenvalue weighted by atomic mass is 9.60. The van der Waals surface area contributed by atoms with Crippen molar-refractivity contribution in [2.45, 2.75) is 31.2 Å². The van der Waals surface area contributed by atoms with Gasteiger partial charge in [-0.15, -0.1) is 0 Å². The Labute approximate surface area is 174 Å². The highest BCUT2D eigenvalue weighted by atomic mass is 32.2. The third-order valence-corrected chi connectivity index (χ3v) is 6.57. The van der Waals surface area contributed by atoms with Crippen molar-refractivity contribution >= 4 is 28.9 Å². The molecule has 2 aromatic rings. The molecule has 1 aliphatic carbocycles. The Morgan fingerprint density at radius 1 is 1.37 bits per heavy atom. The van der Waals surface area contributed by atoms with E-state index in [2.05, 4.69) is 9.97 Å². The van der Waals surface area contributed by atoms with Crippen molar-refractivity contribution in [1.29, 1.82) is 0 Å². The van der Waals surface area contributed by atoms with Crippen molar-refractivity contribution in [1.82, 2.24) is 14.3 Å². The largest absolute Gasteiger partial charge is 0.494 e. The first-order chi connectivity index (χ1) is 14.2. The lowest BCUT2D eigenvalue weighted by Gasteiger charge is -2.61. The number of fused-ring (bicyclic) bond motifs is 1. The minimum absolute atomic E-state index is 0.0376. The molecule has 7 nitrogen and oxygen atoms in total. The molecule has 12 heteroatoms. The molecule has 1 unspecified atom stereocenters. The lowest BCUT2D eigenvalue weighted by Crippen LogP contribution is -2.66. The number of aliphatic hydroxyl groups excluding tert-OH is 1. The second kappa shape index (κ2) is 7.66. The molecule has 2 aliphatic rings. The van der Waals surface area contributed by atoms with Crippen LogP contribution < -0.4 is 14.8 Å². The van der Waals surface area contributed by atoms with Gasteiger partial charge in [-0.05, 0) is 18.9 Å². The van der Waals surface area contributed by atoms with E-state index in [4.69, 9.17) is 9.88 Å². The first-order valence-electron chi connectivity index (χ1n) is 9.27. The number of ether oxygens (including phenoxy) is 1. The van der Waals surface area contributed by atoms with Crippen LogP contribution in [-0.2, 0) is 0 Å². The Morgan fingerprint density at radius 3 is 2.67 bits per heavy atom. The van der Waals surface area contributed by atoms with E-state index in [1.807, 2.05) is 4.90 Å². The van der Waals surface area contributed by atoms with Gasteiger partial charge in [0.15, 0.2) is 17.7 Å². The van der Waals surface area contributed by atoms with Crippen LogP contribution in [0.4, 0.5) is 23.4 Å². The number of rotatable bonds is 6. The molecule has 3 N–H and O–H groups in total. The summed E-state index contributed by atoms with van der Waals surface area (Å²) >= 11 is 0.723. The van der Waals surface area contributed by atoms with Crippen molar-refractivity contribution in [3.8, 4) is 5.75 Å². The molecule has 1 aromatic heterocycles. The van der Waals surface area contributed by atoms with E-state index in [1.54, 1.807) is 0 Å². The number of anilines is 1. The zero-order valence-electron chi connectivity index (χ0n) is 16.1. The number of hydrogen-bond donors (Lipinski definition) is 2. The molecule has 1 saturated carbocycles. The summed E-state index contributed by atoms with van der Waals surface area (Å²) in [6.45, 7) is 0.759. The summed E-state index contributed by atoms with van der Waals surface area (Å²) in [6, 6.07) is 2.74. The average Bonchev–Trinajstić information content (AvgIpc) is 2.63. The fourth-order valence-corrected chi connectivity index (χ4v) is 4.87. The summed E-state index contributed by atoms with van der Waals surface area (Å²) in [5, 5.41) is 15.4. The molecule has 1 saturated heterocycles. The number of aliphatic hydroxyl groups is 1. The number of hydrogen-bond acceptors (Lipinski definition) is 8. The molecule has 30 heavy (non-hydrogen) atoms. The smallest absolute Gasteiger partial charge is 0.415 e. The molecule has 0 bridgehead atoms. The van der Waals surface area contributed by atoms with Crippen LogP contribution in [0.2, 0.25) is 0 Å². The molecule has 164 valence electrons. The van der Waals surface area contributed by atoms with Gasteiger partial charge in [0.25, 0.3) is 0 Å². The van der Waals surface area contributed by atoms with Gasteiger partial charge < -0.3 is 14.7 Å². The van der Waals surface area contributed by atoms with E-state index in [0.717, 1.165) is 12.1 Å². The minimum Gasteiger partial charge on any atom is -0.494 e. The van der Waals surface area contributed by atoms with E-state index < -0.39 is 24.6 Å². The van der Waals surface area contributed by atoms with Gasteiger partial charge in [0.05, 0.1) is 12.6 Å². The number of nitrogens with two attached hydrogens (primary N) is 1. The maximum atomic E-state index is 14.2. The van der Waals surface area contributed by atoms with Gasteiger partial charge in [-0.3, -0.25) is 5.14 Å². The van der Waals surface area contributed by atoms with Crippen molar-refractivity contribution in [3.05, 3.63) is 24.3 Å². The van der Waals surface area contributed by atoms with E-state index in [0.29, 0.717) is 42.7 Å². The summed E-state index contributed by atoms with van der Waals surface area (Å²) in [7, 11) is 1.38. The lowest BCUT2D eigenvalue weighted by molar-refractivity contribution is -0.207. The van der Waals surface area contributed by atoms with Crippen molar-refractivity contribution in [2.24, 2.45) is 10.6 Å². The third-order valence-electron chi connectivity index (χ3n) is 5.85. The van der Waals surface area contributed by atoms with Crippen LogP contribution in [0.3, 0.4) is 0 Å². The SMILES string of the molecule is COc1cc2ncnc(N3CC4(CC(N(CC(O)C(F)(F)F)SN)C4)C3)c2cc1F. The molecule has 0 radical (unpaired) electrons. The van der Waals surface area contributed by atoms with E-state index in [1.165, 1.54) is 29.9 Å². The van der Waals surface area contributed by atoms with Crippen LogP contribution in [0.15, 0.2) is 18.5 Å². The minimum atomic E-state index is -4.67. The van der Waals surface area contributed by atoms with Crippen LogP contribution >= 0.6 is 12.1 Å². The molecule has 2 fully saturated rings. The third kappa shape index (κ3) is 3.77. The zero-order valence-corrected chi connectivity index (χ0v) is 16.9. The van der Waals surface area contributed by atoms with E-state index in [9.17, 15) is 22.7 Å². The quantitative estimate of drug-likeness (QED) is 0.516. The summed E-state index contributed by atoms with van der Waals surface area (Å²) < 4.78 is 58.4. The van der Waals surface area contributed by atoms with Gasteiger partial charge in [0.2, 0.25) is 0 Å². The van der Waals surface area contributed by atoms with Crippen molar-refractivity contribution in [2.75, 3.05) is 31.6 Å². The monoisotopic (exact) mass is 447 g/mol. The second-order valence-corrected chi connectivity index (χ2v) is 8.56. The Balaban J connectivity index is 1.41. The van der Waals surface area contributed by atoms with Gasteiger partial charge in [-0.25, -0.2) is 18.7 Å². The van der Waals surface area contributed by atoms with E-state index in [-0.39, 0.29) is 17.2 Å². The molecular formula is C18H21F4N5O2S. The number of aromatic nitrogens is 2.